The van der Waals surface area contributed by atoms with E-state index < -0.39 is 0 Å². The highest BCUT2D eigenvalue weighted by atomic mass is 32.2. The zero-order chi connectivity index (χ0) is 13.4. The van der Waals surface area contributed by atoms with Crippen LogP contribution in [0.25, 0.3) is 0 Å². The molecular formula is C13H18N2O2S. The number of thioether (sulfide) groups is 1. The molecule has 1 aromatic carbocycles. The summed E-state index contributed by atoms with van der Waals surface area (Å²) in [5.74, 6) is -0.389. The smallest absolute Gasteiger partial charge is 0.251 e. The average Bonchev–Trinajstić information content (AvgIpc) is 2.42. The molecule has 0 radical (unpaired) electrons. The van der Waals surface area contributed by atoms with Gasteiger partial charge in [0.2, 0.25) is 5.91 Å². The Hall–Kier alpha value is -1.49. The molecule has 2 N–H and O–H groups in total. The topological polar surface area (TPSA) is 58.2 Å². The van der Waals surface area contributed by atoms with Crippen LogP contribution in [0.3, 0.4) is 0 Å². The number of carbonyl (C=O) groups excluding carboxylic acids is 2. The molecule has 2 amide bonds. The van der Waals surface area contributed by atoms with Crippen LogP contribution in [0, 0.1) is 0 Å². The SMILES string of the molecule is CCCNC(=O)CNC(=O)c1ccc(SC)cc1. The van der Waals surface area contributed by atoms with Gasteiger partial charge in [0, 0.05) is 17.0 Å². The van der Waals surface area contributed by atoms with E-state index in [2.05, 4.69) is 10.6 Å². The molecule has 18 heavy (non-hydrogen) atoms. The van der Waals surface area contributed by atoms with Crippen LogP contribution in [-0.4, -0.2) is 31.2 Å². The quantitative estimate of drug-likeness (QED) is 0.770. The monoisotopic (exact) mass is 266 g/mol. The van der Waals surface area contributed by atoms with Crippen molar-refractivity contribution in [1.82, 2.24) is 10.6 Å². The van der Waals surface area contributed by atoms with Crippen molar-refractivity contribution < 1.29 is 9.59 Å². The van der Waals surface area contributed by atoms with Gasteiger partial charge in [0.05, 0.1) is 6.54 Å². The van der Waals surface area contributed by atoms with Crippen LogP contribution in [0.15, 0.2) is 29.2 Å². The third kappa shape index (κ3) is 4.79. The van der Waals surface area contributed by atoms with Crippen LogP contribution in [0.2, 0.25) is 0 Å². The number of hydrogen-bond acceptors (Lipinski definition) is 3. The first-order valence-corrected chi connectivity index (χ1v) is 7.08. The lowest BCUT2D eigenvalue weighted by atomic mass is 10.2. The van der Waals surface area contributed by atoms with Crippen molar-refractivity contribution in [3.05, 3.63) is 29.8 Å². The summed E-state index contributed by atoms with van der Waals surface area (Å²) in [5.41, 5.74) is 0.566. The molecule has 0 atom stereocenters. The predicted molar refractivity (Wildman–Crippen MR) is 73.9 cm³/mol. The van der Waals surface area contributed by atoms with Crippen LogP contribution in [-0.2, 0) is 4.79 Å². The molecule has 5 heteroatoms. The van der Waals surface area contributed by atoms with Crippen molar-refractivity contribution in [2.45, 2.75) is 18.2 Å². The maximum Gasteiger partial charge on any atom is 0.251 e. The first kappa shape index (κ1) is 14.6. The zero-order valence-corrected chi connectivity index (χ0v) is 11.5. The van der Waals surface area contributed by atoms with E-state index in [1.165, 1.54) is 0 Å². The molecule has 0 heterocycles. The van der Waals surface area contributed by atoms with Crippen molar-refractivity contribution >= 4 is 23.6 Å². The Labute approximate surface area is 112 Å². The van der Waals surface area contributed by atoms with Gasteiger partial charge in [-0.3, -0.25) is 9.59 Å². The number of hydrogen-bond donors (Lipinski definition) is 2. The van der Waals surface area contributed by atoms with Gasteiger partial charge >= 0.3 is 0 Å². The van der Waals surface area contributed by atoms with Crippen molar-refractivity contribution in [2.24, 2.45) is 0 Å². The molecule has 0 unspecified atom stereocenters. The van der Waals surface area contributed by atoms with E-state index in [1.807, 2.05) is 25.3 Å². The molecule has 4 nitrogen and oxygen atoms in total. The third-order valence-electron chi connectivity index (χ3n) is 2.33. The summed E-state index contributed by atoms with van der Waals surface area (Å²) in [6, 6.07) is 7.28. The predicted octanol–water partition coefficient (Wildman–Crippen LogP) is 1.66. The van der Waals surface area contributed by atoms with Crippen LogP contribution in [0.4, 0.5) is 0 Å². The molecule has 0 saturated heterocycles. The Morgan fingerprint density at radius 1 is 1.17 bits per heavy atom. The molecular weight excluding hydrogens is 248 g/mol. The lowest BCUT2D eigenvalue weighted by molar-refractivity contribution is -0.120. The number of amides is 2. The number of rotatable bonds is 6. The maximum absolute atomic E-state index is 11.7. The highest BCUT2D eigenvalue weighted by Gasteiger charge is 2.07. The second-order valence-corrected chi connectivity index (χ2v) is 4.64. The summed E-state index contributed by atoms with van der Waals surface area (Å²) in [6.07, 6.45) is 2.86. The fourth-order valence-electron chi connectivity index (χ4n) is 1.33. The second-order valence-electron chi connectivity index (χ2n) is 3.76. The minimum absolute atomic E-state index is 0.0170. The summed E-state index contributed by atoms with van der Waals surface area (Å²) >= 11 is 1.62. The minimum atomic E-state index is -0.227. The van der Waals surface area contributed by atoms with E-state index in [9.17, 15) is 9.59 Å². The van der Waals surface area contributed by atoms with E-state index in [0.29, 0.717) is 12.1 Å². The van der Waals surface area contributed by atoms with E-state index in [0.717, 1.165) is 11.3 Å². The van der Waals surface area contributed by atoms with Gasteiger partial charge in [0.15, 0.2) is 0 Å². The van der Waals surface area contributed by atoms with Gasteiger partial charge in [-0.05, 0) is 36.9 Å². The minimum Gasteiger partial charge on any atom is -0.355 e. The number of benzene rings is 1. The fourth-order valence-corrected chi connectivity index (χ4v) is 1.74. The lowest BCUT2D eigenvalue weighted by Gasteiger charge is -2.06. The van der Waals surface area contributed by atoms with Crippen molar-refractivity contribution in [1.29, 1.82) is 0 Å². The van der Waals surface area contributed by atoms with Crippen molar-refractivity contribution in [3.8, 4) is 0 Å². The standard InChI is InChI=1S/C13H18N2O2S/c1-3-8-14-12(16)9-15-13(17)10-4-6-11(18-2)7-5-10/h4-7H,3,8-9H2,1-2H3,(H,14,16)(H,15,17). The maximum atomic E-state index is 11.7. The molecule has 0 spiro atoms. The van der Waals surface area contributed by atoms with Gasteiger partial charge in [-0.1, -0.05) is 6.92 Å². The first-order chi connectivity index (χ1) is 8.67. The van der Waals surface area contributed by atoms with E-state index >= 15 is 0 Å². The van der Waals surface area contributed by atoms with Crippen LogP contribution >= 0.6 is 11.8 Å². The third-order valence-corrected chi connectivity index (χ3v) is 3.08. The van der Waals surface area contributed by atoms with E-state index in [4.69, 9.17) is 0 Å². The molecule has 0 saturated carbocycles. The van der Waals surface area contributed by atoms with Gasteiger partial charge in [0.1, 0.15) is 0 Å². The van der Waals surface area contributed by atoms with Gasteiger partial charge in [-0.25, -0.2) is 0 Å². The van der Waals surface area contributed by atoms with Crippen LogP contribution in [0.1, 0.15) is 23.7 Å². The zero-order valence-electron chi connectivity index (χ0n) is 10.7. The Balaban J connectivity index is 2.42. The molecule has 0 aromatic heterocycles. The molecule has 0 aliphatic rings. The fraction of sp³-hybridized carbons (Fsp3) is 0.385. The highest BCUT2D eigenvalue weighted by molar-refractivity contribution is 7.98. The largest absolute Gasteiger partial charge is 0.355 e. The van der Waals surface area contributed by atoms with Gasteiger partial charge in [-0.15, -0.1) is 11.8 Å². The number of carbonyl (C=O) groups is 2. The summed E-state index contributed by atoms with van der Waals surface area (Å²) in [5, 5.41) is 5.29. The van der Waals surface area contributed by atoms with Gasteiger partial charge in [0.25, 0.3) is 5.91 Å². The Bertz CT molecular complexity index is 404. The Kier molecular flexibility index (Phi) is 6.28. The van der Waals surface area contributed by atoms with E-state index in [-0.39, 0.29) is 18.4 Å². The Morgan fingerprint density at radius 3 is 2.39 bits per heavy atom. The molecule has 0 aliphatic carbocycles. The molecule has 98 valence electrons. The lowest BCUT2D eigenvalue weighted by Crippen LogP contribution is -2.37. The number of nitrogens with one attached hydrogen (secondary N) is 2. The van der Waals surface area contributed by atoms with Gasteiger partial charge < -0.3 is 10.6 Å². The van der Waals surface area contributed by atoms with Crippen LogP contribution in [0.5, 0.6) is 0 Å². The van der Waals surface area contributed by atoms with Crippen molar-refractivity contribution in [3.63, 3.8) is 0 Å². The summed E-state index contributed by atoms with van der Waals surface area (Å²) < 4.78 is 0. The average molecular weight is 266 g/mol. The summed E-state index contributed by atoms with van der Waals surface area (Å²) in [7, 11) is 0. The Morgan fingerprint density at radius 2 is 1.83 bits per heavy atom. The first-order valence-electron chi connectivity index (χ1n) is 5.86. The van der Waals surface area contributed by atoms with Crippen LogP contribution < -0.4 is 10.6 Å². The summed E-state index contributed by atoms with van der Waals surface area (Å²) in [4.78, 5) is 24.1. The van der Waals surface area contributed by atoms with Gasteiger partial charge in [-0.2, -0.15) is 0 Å². The highest BCUT2D eigenvalue weighted by Crippen LogP contribution is 2.14. The summed E-state index contributed by atoms with van der Waals surface area (Å²) in [6.45, 7) is 2.63. The van der Waals surface area contributed by atoms with Crippen molar-refractivity contribution in [2.75, 3.05) is 19.3 Å². The molecule has 0 aliphatic heterocycles. The normalized spacial score (nSPS) is 9.89. The molecule has 1 aromatic rings. The van der Waals surface area contributed by atoms with E-state index in [1.54, 1.807) is 23.9 Å². The second kappa shape index (κ2) is 7.76. The molecule has 0 bridgehead atoms. The molecule has 0 fully saturated rings. The molecule has 1 rings (SSSR count).